The predicted octanol–water partition coefficient (Wildman–Crippen LogP) is 0.436. The van der Waals surface area contributed by atoms with Crippen molar-refractivity contribution in [3.8, 4) is 0 Å². The van der Waals surface area contributed by atoms with Crippen LogP contribution in [0.25, 0.3) is 0 Å². The molecule has 0 radical (unpaired) electrons. The van der Waals surface area contributed by atoms with Gasteiger partial charge in [-0.15, -0.1) is 11.6 Å². The van der Waals surface area contributed by atoms with Gasteiger partial charge in [0.25, 0.3) is 0 Å². The van der Waals surface area contributed by atoms with Gasteiger partial charge in [0.05, 0.1) is 6.04 Å². The molecule has 1 unspecified atom stereocenters. The molecule has 1 atom stereocenters. The molecule has 4 heteroatoms. The van der Waals surface area contributed by atoms with Gasteiger partial charge in [-0.2, -0.15) is 0 Å². The maximum atomic E-state index is 11.3. The summed E-state index contributed by atoms with van der Waals surface area (Å²) in [6.45, 7) is 1.82. The van der Waals surface area contributed by atoms with Crippen molar-refractivity contribution in [1.29, 1.82) is 0 Å². The van der Waals surface area contributed by atoms with E-state index >= 15 is 0 Å². The highest BCUT2D eigenvalue weighted by atomic mass is 35.5. The molecule has 1 saturated heterocycles. The van der Waals surface area contributed by atoms with Crippen LogP contribution in [-0.2, 0) is 4.79 Å². The van der Waals surface area contributed by atoms with Gasteiger partial charge in [-0.25, -0.2) is 0 Å². The van der Waals surface area contributed by atoms with Crippen LogP contribution in [0.15, 0.2) is 0 Å². The third-order valence-corrected chi connectivity index (χ3v) is 2.45. The molecule has 1 rings (SSSR count). The summed E-state index contributed by atoms with van der Waals surface area (Å²) >= 11 is 5.62. The maximum Gasteiger partial charge on any atom is 0.237 e. The molecule has 0 aromatic rings. The fourth-order valence-corrected chi connectivity index (χ4v) is 1.88. The van der Waals surface area contributed by atoms with E-state index in [1.807, 2.05) is 0 Å². The molecule has 70 valence electrons. The van der Waals surface area contributed by atoms with Crippen LogP contribution in [-0.4, -0.2) is 42.9 Å². The van der Waals surface area contributed by atoms with Crippen LogP contribution >= 0.6 is 11.6 Å². The van der Waals surface area contributed by atoms with Crippen LogP contribution in [0, 0.1) is 0 Å². The van der Waals surface area contributed by atoms with E-state index in [0.29, 0.717) is 5.88 Å². The minimum Gasteiger partial charge on any atom is -0.358 e. The van der Waals surface area contributed by atoms with Crippen molar-refractivity contribution >= 4 is 17.5 Å². The fourth-order valence-electron chi connectivity index (χ4n) is 1.67. The summed E-state index contributed by atoms with van der Waals surface area (Å²) in [7, 11) is 1.68. The van der Waals surface area contributed by atoms with Crippen LogP contribution in [0.5, 0.6) is 0 Å². The van der Waals surface area contributed by atoms with Crippen molar-refractivity contribution in [2.45, 2.75) is 18.9 Å². The number of carbonyl (C=O) groups is 1. The molecule has 0 aromatic heterocycles. The van der Waals surface area contributed by atoms with E-state index in [1.54, 1.807) is 7.05 Å². The number of likely N-dealkylation sites (N-methyl/N-ethyl adjacent to an activating group) is 1. The van der Waals surface area contributed by atoms with Crippen LogP contribution in [0.3, 0.4) is 0 Å². The molecule has 12 heavy (non-hydrogen) atoms. The summed E-state index contributed by atoms with van der Waals surface area (Å²) in [4.78, 5) is 13.4. The number of hydrogen-bond acceptors (Lipinski definition) is 2. The minimum absolute atomic E-state index is 0.0637. The Kier molecular flexibility index (Phi) is 3.82. The van der Waals surface area contributed by atoms with Crippen LogP contribution < -0.4 is 5.32 Å². The summed E-state index contributed by atoms with van der Waals surface area (Å²) in [5.41, 5.74) is 0. The van der Waals surface area contributed by atoms with Crippen LogP contribution in [0.4, 0.5) is 0 Å². The topological polar surface area (TPSA) is 32.3 Å². The van der Waals surface area contributed by atoms with E-state index in [-0.39, 0.29) is 11.9 Å². The first kappa shape index (κ1) is 9.81. The zero-order valence-electron chi connectivity index (χ0n) is 7.35. The van der Waals surface area contributed by atoms with Gasteiger partial charge in [-0.05, 0) is 19.4 Å². The number of amides is 1. The van der Waals surface area contributed by atoms with Gasteiger partial charge in [0.2, 0.25) is 5.91 Å². The Balaban J connectivity index is 2.45. The SMILES string of the molecule is CNC(=O)C1CCCN1CCCl. The van der Waals surface area contributed by atoms with Gasteiger partial charge in [0.1, 0.15) is 0 Å². The number of nitrogens with zero attached hydrogens (tertiary/aromatic N) is 1. The number of rotatable bonds is 3. The molecule has 1 aliphatic rings. The Labute approximate surface area is 78.1 Å². The molecular weight excluding hydrogens is 176 g/mol. The number of carbonyl (C=O) groups excluding carboxylic acids is 1. The zero-order chi connectivity index (χ0) is 8.97. The monoisotopic (exact) mass is 190 g/mol. The lowest BCUT2D eigenvalue weighted by atomic mass is 10.2. The molecular formula is C8H15ClN2O. The van der Waals surface area contributed by atoms with Gasteiger partial charge in [-0.1, -0.05) is 0 Å². The zero-order valence-corrected chi connectivity index (χ0v) is 8.10. The van der Waals surface area contributed by atoms with Gasteiger partial charge in [-0.3, -0.25) is 9.69 Å². The Bertz CT molecular complexity index is 163. The molecule has 1 heterocycles. The summed E-state index contributed by atoms with van der Waals surface area (Å²) in [5.74, 6) is 0.727. The fraction of sp³-hybridized carbons (Fsp3) is 0.875. The van der Waals surface area contributed by atoms with E-state index in [2.05, 4.69) is 10.2 Å². The second-order valence-electron chi connectivity index (χ2n) is 3.00. The van der Waals surface area contributed by atoms with E-state index < -0.39 is 0 Å². The van der Waals surface area contributed by atoms with Gasteiger partial charge < -0.3 is 5.32 Å². The summed E-state index contributed by atoms with van der Waals surface area (Å²) in [6, 6.07) is 0.0637. The average Bonchev–Trinajstić information content (AvgIpc) is 2.52. The highest BCUT2D eigenvalue weighted by Crippen LogP contribution is 2.16. The van der Waals surface area contributed by atoms with Crippen molar-refractivity contribution < 1.29 is 4.79 Å². The Morgan fingerprint density at radius 1 is 1.75 bits per heavy atom. The molecule has 0 saturated carbocycles. The van der Waals surface area contributed by atoms with E-state index in [1.165, 1.54) is 0 Å². The lowest BCUT2D eigenvalue weighted by molar-refractivity contribution is -0.124. The molecule has 1 N–H and O–H groups in total. The molecule has 0 bridgehead atoms. The molecule has 0 aliphatic carbocycles. The number of likely N-dealkylation sites (tertiary alicyclic amines) is 1. The van der Waals surface area contributed by atoms with Crippen molar-refractivity contribution in [2.24, 2.45) is 0 Å². The normalized spacial score (nSPS) is 24.3. The summed E-state index contributed by atoms with van der Waals surface area (Å²) in [6.07, 6.45) is 2.07. The maximum absolute atomic E-state index is 11.3. The first-order chi connectivity index (χ1) is 5.79. The van der Waals surface area contributed by atoms with Crippen molar-refractivity contribution in [2.75, 3.05) is 26.0 Å². The predicted molar refractivity (Wildman–Crippen MR) is 49.4 cm³/mol. The molecule has 0 spiro atoms. The molecule has 1 amide bonds. The van der Waals surface area contributed by atoms with E-state index in [9.17, 15) is 4.79 Å². The van der Waals surface area contributed by atoms with Gasteiger partial charge in [0, 0.05) is 19.5 Å². The molecule has 0 aromatic carbocycles. The van der Waals surface area contributed by atoms with E-state index in [0.717, 1.165) is 25.9 Å². The highest BCUT2D eigenvalue weighted by Gasteiger charge is 2.28. The Morgan fingerprint density at radius 3 is 3.08 bits per heavy atom. The summed E-state index contributed by atoms with van der Waals surface area (Å²) in [5, 5.41) is 2.67. The van der Waals surface area contributed by atoms with Gasteiger partial charge >= 0.3 is 0 Å². The van der Waals surface area contributed by atoms with Crippen LogP contribution in [0.2, 0.25) is 0 Å². The van der Waals surface area contributed by atoms with Crippen molar-refractivity contribution in [3.63, 3.8) is 0 Å². The smallest absolute Gasteiger partial charge is 0.237 e. The second kappa shape index (κ2) is 4.67. The van der Waals surface area contributed by atoms with Gasteiger partial charge in [0.15, 0.2) is 0 Å². The molecule has 3 nitrogen and oxygen atoms in total. The largest absolute Gasteiger partial charge is 0.358 e. The highest BCUT2D eigenvalue weighted by molar-refractivity contribution is 6.18. The third-order valence-electron chi connectivity index (χ3n) is 2.28. The first-order valence-electron chi connectivity index (χ1n) is 4.31. The summed E-state index contributed by atoms with van der Waals surface area (Å²) < 4.78 is 0. The lowest BCUT2D eigenvalue weighted by Gasteiger charge is -2.21. The lowest BCUT2D eigenvalue weighted by Crippen LogP contribution is -2.42. The number of nitrogens with one attached hydrogen (secondary N) is 1. The standard InChI is InChI=1S/C8H15ClN2O/c1-10-8(12)7-3-2-5-11(7)6-4-9/h7H,2-6H2,1H3,(H,10,12). The number of alkyl halides is 1. The van der Waals surface area contributed by atoms with Crippen LogP contribution in [0.1, 0.15) is 12.8 Å². The second-order valence-corrected chi connectivity index (χ2v) is 3.38. The number of hydrogen-bond donors (Lipinski definition) is 1. The van der Waals surface area contributed by atoms with Crippen molar-refractivity contribution in [1.82, 2.24) is 10.2 Å². The molecule has 1 fully saturated rings. The van der Waals surface area contributed by atoms with Crippen molar-refractivity contribution in [3.05, 3.63) is 0 Å². The molecule has 1 aliphatic heterocycles. The first-order valence-corrected chi connectivity index (χ1v) is 4.84. The van der Waals surface area contributed by atoms with E-state index in [4.69, 9.17) is 11.6 Å². The number of halogens is 1. The average molecular weight is 191 g/mol. The Hall–Kier alpha value is -0.280. The Morgan fingerprint density at radius 2 is 2.50 bits per heavy atom. The minimum atomic E-state index is 0.0637. The quantitative estimate of drug-likeness (QED) is 0.655. The third kappa shape index (κ3) is 2.11.